The Balaban J connectivity index is 1.73. The van der Waals surface area contributed by atoms with Crippen LogP contribution in [-0.4, -0.2) is 29.1 Å². The first-order valence-corrected chi connectivity index (χ1v) is 12.5. The molecule has 41 heavy (non-hydrogen) atoms. The van der Waals surface area contributed by atoms with Crippen molar-refractivity contribution in [2.75, 3.05) is 12.0 Å². The smallest absolute Gasteiger partial charge is 0.416 e. The lowest BCUT2D eigenvalue weighted by atomic mass is 9.94. The number of carbonyl (C=O) groups is 1. The van der Waals surface area contributed by atoms with Crippen molar-refractivity contribution in [3.8, 4) is 16.9 Å². The van der Waals surface area contributed by atoms with Crippen LogP contribution in [0.1, 0.15) is 34.7 Å². The zero-order chi connectivity index (χ0) is 29.3. The number of carboxylic acids is 1. The van der Waals surface area contributed by atoms with E-state index in [0.717, 1.165) is 34.9 Å². The van der Waals surface area contributed by atoms with Gasteiger partial charge in [0.15, 0.2) is 0 Å². The van der Waals surface area contributed by atoms with E-state index in [2.05, 4.69) is 4.99 Å². The lowest BCUT2D eigenvalue weighted by Crippen LogP contribution is -2.39. The van der Waals surface area contributed by atoms with Crippen LogP contribution in [0.15, 0.2) is 89.9 Å². The summed E-state index contributed by atoms with van der Waals surface area (Å²) in [5.41, 5.74) is 1.84. The molecular formula is C31H24F4N2O4. The highest BCUT2D eigenvalue weighted by Gasteiger charge is 2.38. The van der Waals surface area contributed by atoms with Crippen LogP contribution in [0, 0.1) is 5.82 Å². The van der Waals surface area contributed by atoms with Crippen LogP contribution in [0.2, 0.25) is 0 Å². The third-order valence-corrected chi connectivity index (χ3v) is 6.85. The molecule has 4 aromatic rings. The second kappa shape index (κ2) is 11.1. The molecule has 0 radical (unpaired) electrons. The molecule has 1 heterocycles. The van der Waals surface area contributed by atoms with Gasteiger partial charge in [0.2, 0.25) is 0 Å². The molecule has 1 atom stereocenters. The fraction of sp³-hybridized carbons (Fsp3) is 0.161. The Bertz CT molecular complexity index is 1630. The number of hydrogen-bond acceptors (Lipinski definition) is 5. The molecule has 1 unspecified atom stereocenters. The Morgan fingerprint density at radius 3 is 2.32 bits per heavy atom. The molecule has 0 aromatic heterocycles. The second-order valence-electron chi connectivity index (χ2n) is 9.42. The number of aliphatic carboxylic acids is 1. The number of hydrogen-bond donors (Lipinski definition) is 2. The number of anilines is 1. The summed E-state index contributed by atoms with van der Waals surface area (Å²) in [5.74, 6) is -1.81. The molecule has 1 aliphatic heterocycles. The summed E-state index contributed by atoms with van der Waals surface area (Å²) < 4.78 is 61.9. The molecule has 1 aliphatic rings. The van der Waals surface area contributed by atoms with Gasteiger partial charge < -0.3 is 19.8 Å². The average Bonchev–Trinajstić information content (AvgIpc) is 2.96. The maximum absolute atomic E-state index is 15.1. The Morgan fingerprint density at radius 2 is 1.66 bits per heavy atom. The zero-order valence-electron chi connectivity index (χ0n) is 21.7. The van der Waals surface area contributed by atoms with Gasteiger partial charge in [-0.1, -0.05) is 54.6 Å². The number of methoxy groups -OCH3 is 1. The number of ether oxygens (including phenoxy) is 1. The topological polar surface area (TPSA) is 82.4 Å². The molecule has 210 valence electrons. The Labute approximate surface area is 232 Å². The van der Waals surface area contributed by atoms with Crippen molar-refractivity contribution >= 4 is 23.2 Å². The molecule has 10 heteroatoms. The summed E-state index contributed by atoms with van der Waals surface area (Å²) in [7, 11) is 1.29. The summed E-state index contributed by atoms with van der Waals surface area (Å²) in [5, 5.41) is 19.3. The van der Waals surface area contributed by atoms with Crippen molar-refractivity contribution in [3.05, 3.63) is 113 Å². The fourth-order valence-corrected chi connectivity index (χ4v) is 4.93. The quantitative estimate of drug-likeness (QED) is 0.234. The maximum atomic E-state index is 15.1. The highest BCUT2D eigenvalue weighted by Crippen LogP contribution is 2.46. The SMILES string of the molecule is COc1ccc(C(F)(F)F)cc1N1C(c2ccc(-c3cccc(CO)c3)cc2)=Nc2c(F)cccc2C1CC(=O)O. The Morgan fingerprint density at radius 1 is 0.951 bits per heavy atom. The van der Waals surface area contributed by atoms with Gasteiger partial charge in [0.1, 0.15) is 23.1 Å². The minimum Gasteiger partial charge on any atom is -0.495 e. The lowest BCUT2D eigenvalue weighted by Gasteiger charge is -2.38. The molecule has 0 saturated heterocycles. The van der Waals surface area contributed by atoms with E-state index in [4.69, 9.17) is 4.74 Å². The van der Waals surface area contributed by atoms with Crippen LogP contribution in [0.5, 0.6) is 5.75 Å². The molecule has 2 N–H and O–H groups in total. The van der Waals surface area contributed by atoms with Crippen LogP contribution in [0.3, 0.4) is 0 Å². The normalized spacial score (nSPS) is 14.8. The summed E-state index contributed by atoms with van der Waals surface area (Å²) in [4.78, 5) is 17.9. The van der Waals surface area contributed by atoms with E-state index in [-0.39, 0.29) is 35.1 Å². The number of fused-ring (bicyclic) bond motifs is 1. The number of rotatable bonds is 7. The van der Waals surface area contributed by atoms with Crippen molar-refractivity contribution < 1.29 is 37.3 Å². The zero-order valence-corrected chi connectivity index (χ0v) is 21.7. The first kappa shape index (κ1) is 27.9. The Hall–Kier alpha value is -4.70. The molecule has 5 rings (SSSR count). The molecule has 0 amide bonds. The second-order valence-corrected chi connectivity index (χ2v) is 9.42. The molecule has 4 aromatic carbocycles. The Kier molecular flexibility index (Phi) is 7.51. The van der Waals surface area contributed by atoms with Crippen LogP contribution < -0.4 is 9.64 Å². The van der Waals surface area contributed by atoms with Crippen molar-refractivity contribution in [1.29, 1.82) is 0 Å². The minimum atomic E-state index is -4.69. The van der Waals surface area contributed by atoms with E-state index in [1.165, 1.54) is 30.2 Å². The number of aliphatic imine (C=N–C) groups is 1. The summed E-state index contributed by atoms with van der Waals surface area (Å²) >= 11 is 0. The number of carboxylic acid groups (broad SMARTS) is 1. The van der Waals surface area contributed by atoms with E-state index in [1.807, 2.05) is 12.1 Å². The van der Waals surface area contributed by atoms with Crippen molar-refractivity contribution in [3.63, 3.8) is 0 Å². The van der Waals surface area contributed by atoms with Gasteiger partial charge in [-0.05, 0) is 47.0 Å². The predicted octanol–water partition coefficient (Wildman–Crippen LogP) is 7.13. The van der Waals surface area contributed by atoms with Gasteiger partial charge in [-0.15, -0.1) is 0 Å². The van der Waals surface area contributed by atoms with Crippen molar-refractivity contribution in [2.24, 2.45) is 4.99 Å². The number of amidine groups is 1. The van der Waals surface area contributed by atoms with E-state index in [9.17, 15) is 28.2 Å². The third-order valence-electron chi connectivity index (χ3n) is 6.85. The molecule has 0 bridgehead atoms. The van der Waals surface area contributed by atoms with Crippen LogP contribution in [0.4, 0.5) is 28.9 Å². The van der Waals surface area contributed by atoms with E-state index >= 15 is 4.39 Å². The number of alkyl halides is 3. The number of aliphatic hydroxyl groups excluding tert-OH is 1. The van der Waals surface area contributed by atoms with Crippen LogP contribution >= 0.6 is 0 Å². The number of nitrogens with zero attached hydrogens (tertiary/aromatic N) is 2. The largest absolute Gasteiger partial charge is 0.495 e. The minimum absolute atomic E-state index is 0.0541. The highest BCUT2D eigenvalue weighted by molar-refractivity contribution is 6.14. The van der Waals surface area contributed by atoms with Gasteiger partial charge in [0.25, 0.3) is 0 Å². The summed E-state index contributed by atoms with van der Waals surface area (Å²) in [6.45, 7) is -0.132. The average molecular weight is 565 g/mol. The first-order chi connectivity index (χ1) is 19.6. The summed E-state index contributed by atoms with van der Waals surface area (Å²) in [6.07, 6.45) is -5.24. The van der Waals surface area contributed by atoms with Crippen molar-refractivity contribution in [2.45, 2.75) is 25.2 Å². The molecule has 0 spiro atoms. The van der Waals surface area contributed by atoms with E-state index in [1.54, 1.807) is 36.4 Å². The monoisotopic (exact) mass is 564 g/mol. The maximum Gasteiger partial charge on any atom is 0.416 e. The van der Waals surface area contributed by atoms with Gasteiger partial charge in [-0.2, -0.15) is 13.2 Å². The molecule has 0 saturated carbocycles. The lowest BCUT2D eigenvalue weighted by molar-refractivity contribution is -0.138. The van der Waals surface area contributed by atoms with Crippen molar-refractivity contribution in [1.82, 2.24) is 0 Å². The summed E-state index contributed by atoms with van der Waals surface area (Å²) in [6, 6.07) is 20.1. The van der Waals surface area contributed by atoms with Crippen LogP contribution in [-0.2, 0) is 17.6 Å². The van der Waals surface area contributed by atoms with E-state index in [0.29, 0.717) is 5.56 Å². The van der Waals surface area contributed by atoms with E-state index < -0.39 is 36.0 Å². The number of para-hydroxylation sites is 1. The van der Waals surface area contributed by atoms with Gasteiger partial charge in [0, 0.05) is 11.1 Å². The van der Waals surface area contributed by atoms with Gasteiger partial charge in [-0.3, -0.25) is 4.79 Å². The van der Waals surface area contributed by atoms with Crippen LogP contribution in [0.25, 0.3) is 11.1 Å². The fourth-order valence-electron chi connectivity index (χ4n) is 4.93. The molecular weight excluding hydrogens is 540 g/mol. The highest BCUT2D eigenvalue weighted by atomic mass is 19.4. The van der Waals surface area contributed by atoms with Gasteiger partial charge >= 0.3 is 12.1 Å². The number of benzene rings is 4. The molecule has 0 aliphatic carbocycles. The van der Waals surface area contributed by atoms with Gasteiger partial charge in [-0.25, -0.2) is 9.38 Å². The standard InChI is InChI=1S/C31H24F4N2O4/c1-41-27-13-12-22(31(33,34)35)15-26(27)37-25(16-28(39)40)23-6-3-7-24(32)29(23)36-30(37)20-10-8-19(9-11-20)21-5-2-4-18(14-21)17-38/h2-15,25,38H,16-17H2,1H3,(H,39,40). The predicted molar refractivity (Wildman–Crippen MR) is 146 cm³/mol. The number of aliphatic hydroxyl groups is 1. The van der Waals surface area contributed by atoms with Gasteiger partial charge in [0.05, 0.1) is 37.4 Å². The third kappa shape index (κ3) is 5.51. The number of halogens is 4. The first-order valence-electron chi connectivity index (χ1n) is 12.5. The molecule has 6 nitrogen and oxygen atoms in total. The molecule has 0 fully saturated rings.